The van der Waals surface area contributed by atoms with Crippen LogP contribution in [0.3, 0.4) is 0 Å². The zero-order valence-electron chi connectivity index (χ0n) is 19.0. The highest BCUT2D eigenvalue weighted by molar-refractivity contribution is 5.73. The fourth-order valence-corrected chi connectivity index (χ4v) is 3.18. The molecule has 0 spiro atoms. The van der Waals surface area contributed by atoms with E-state index in [4.69, 9.17) is 28.4 Å². The Morgan fingerprint density at radius 3 is 1.72 bits per heavy atom. The van der Waals surface area contributed by atoms with Gasteiger partial charge in [-0.25, -0.2) is 0 Å². The summed E-state index contributed by atoms with van der Waals surface area (Å²) in [6, 6.07) is 17.3. The molecule has 0 aromatic heterocycles. The molecule has 3 aromatic carbocycles. The van der Waals surface area contributed by atoms with Gasteiger partial charge in [0, 0.05) is 0 Å². The van der Waals surface area contributed by atoms with Gasteiger partial charge in [-0.05, 0) is 53.1 Å². The highest BCUT2D eigenvalue weighted by atomic mass is 16.5. The Kier molecular flexibility index (Phi) is 7.86. The van der Waals surface area contributed by atoms with E-state index in [1.165, 1.54) is 0 Å². The number of rotatable bonds is 10. The molecule has 0 atom stereocenters. The summed E-state index contributed by atoms with van der Waals surface area (Å²) in [7, 11) is 8.05. The molecule has 3 aromatic rings. The van der Waals surface area contributed by atoms with Crippen LogP contribution in [0.4, 0.5) is 0 Å². The normalized spacial score (nSPS) is 10.7. The first kappa shape index (κ1) is 22.9. The molecule has 0 bridgehead atoms. The molecule has 6 heteroatoms. The van der Waals surface area contributed by atoms with Crippen LogP contribution in [-0.2, 0) is 6.61 Å². The van der Waals surface area contributed by atoms with Gasteiger partial charge in [-0.2, -0.15) is 0 Å². The molecule has 0 saturated heterocycles. The Hall–Kier alpha value is -3.80. The van der Waals surface area contributed by atoms with Crippen LogP contribution in [0.5, 0.6) is 34.5 Å². The zero-order valence-corrected chi connectivity index (χ0v) is 19.0. The molecule has 3 rings (SSSR count). The standard InChI is InChI=1S/C26H28O6/c1-27-21-11-8-19(9-12-21)17-32-23-14-18(10-13-22(23)28-2)6-7-20-15-24(29-3)26(31-5)25(16-20)30-4/h6-16H,17H2,1-5H3/b7-6-. The second-order valence-corrected chi connectivity index (χ2v) is 6.84. The summed E-state index contributed by atoms with van der Waals surface area (Å²) in [5.41, 5.74) is 2.91. The molecule has 0 radical (unpaired) electrons. The van der Waals surface area contributed by atoms with Crippen molar-refractivity contribution < 1.29 is 28.4 Å². The van der Waals surface area contributed by atoms with Crippen LogP contribution < -0.4 is 28.4 Å². The Morgan fingerprint density at radius 2 is 1.16 bits per heavy atom. The van der Waals surface area contributed by atoms with E-state index in [0.717, 1.165) is 22.4 Å². The van der Waals surface area contributed by atoms with E-state index in [1.54, 1.807) is 35.5 Å². The van der Waals surface area contributed by atoms with Crippen LogP contribution in [0.25, 0.3) is 12.2 Å². The smallest absolute Gasteiger partial charge is 0.203 e. The predicted molar refractivity (Wildman–Crippen MR) is 125 cm³/mol. The van der Waals surface area contributed by atoms with Crippen LogP contribution >= 0.6 is 0 Å². The van der Waals surface area contributed by atoms with Gasteiger partial charge in [-0.15, -0.1) is 0 Å². The summed E-state index contributed by atoms with van der Waals surface area (Å²) in [6.45, 7) is 0.417. The Labute approximate surface area is 188 Å². The van der Waals surface area contributed by atoms with Crippen molar-refractivity contribution in [2.75, 3.05) is 35.5 Å². The predicted octanol–water partition coefficient (Wildman–Crippen LogP) is 5.48. The van der Waals surface area contributed by atoms with E-state index in [2.05, 4.69) is 0 Å². The van der Waals surface area contributed by atoms with Crippen molar-refractivity contribution in [1.82, 2.24) is 0 Å². The number of hydrogen-bond donors (Lipinski definition) is 0. The van der Waals surface area contributed by atoms with E-state index >= 15 is 0 Å². The van der Waals surface area contributed by atoms with E-state index in [1.807, 2.05) is 66.7 Å². The zero-order chi connectivity index (χ0) is 22.9. The molecule has 0 unspecified atom stereocenters. The van der Waals surface area contributed by atoms with Crippen LogP contribution in [0.1, 0.15) is 16.7 Å². The highest BCUT2D eigenvalue weighted by Crippen LogP contribution is 2.38. The SMILES string of the molecule is COc1ccc(COc2cc(/C=C\c3cc(OC)c(OC)c(OC)c3)ccc2OC)cc1. The van der Waals surface area contributed by atoms with Crippen LogP contribution in [-0.4, -0.2) is 35.5 Å². The lowest BCUT2D eigenvalue weighted by Crippen LogP contribution is -1.98. The van der Waals surface area contributed by atoms with Crippen molar-refractivity contribution in [2.24, 2.45) is 0 Å². The van der Waals surface area contributed by atoms with E-state index in [-0.39, 0.29) is 0 Å². The monoisotopic (exact) mass is 436 g/mol. The lowest BCUT2D eigenvalue weighted by molar-refractivity contribution is 0.284. The molecule has 0 amide bonds. The maximum atomic E-state index is 6.03. The summed E-state index contributed by atoms with van der Waals surface area (Å²) in [4.78, 5) is 0. The topological polar surface area (TPSA) is 55.4 Å². The molecular formula is C26H28O6. The summed E-state index contributed by atoms with van der Waals surface area (Å²) < 4.78 is 32.9. The third-order valence-corrected chi connectivity index (χ3v) is 4.90. The van der Waals surface area contributed by atoms with Crippen LogP contribution in [0.15, 0.2) is 54.6 Å². The first-order chi connectivity index (χ1) is 15.6. The summed E-state index contributed by atoms with van der Waals surface area (Å²) in [5.74, 6) is 3.91. The van der Waals surface area contributed by atoms with Gasteiger partial charge < -0.3 is 28.4 Å². The fourth-order valence-electron chi connectivity index (χ4n) is 3.18. The van der Waals surface area contributed by atoms with Crippen LogP contribution in [0, 0.1) is 0 Å². The van der Waals surface area contributed by atoms with Gasteiger partial charge in [-0.3, -0.25) is 0 Å². The summed E-state index contributed by atoms with van der Waals surface area (Å²) in [5, 5.41) is 0. The van der Waals surface area contributed by atoms with Gasteiger partial charge in [0.2, 0.25) is 5.75 Å². The van der Waals surface area contributed by atoms with Gasteiger partial charge >= 0.3 is 0 Å². The molecule has 0 aliphatic rings. The van der Waals surface area contributed by atoms with Crippen molar-refractivity contribution in [3.05, 3.63) is 71.3 Å². The minimum atomic E-state index is 0.417. The fraction of sp³-hybridized carbons (Fsp3) is 0.231. The van der Waals surface area contributed by atoms with Gasteiger partial charge in [0.1, 0.15) is 12.4 Å². The van der Waals surface area contributed by atoms with Crippen molar-refractivity contribution in [3.8, 4) is 34.5 Å². The largest absolute Gasteiger partial charge is 0.497 e. The lowest BCUT2D eigenvalue weighted by Gasteiger charge is -2.13. The van der Waals surface area contributed by atoms with Gasteiger partial charge in [0.15, 0.2) is 23.0 Å². The average Bonchev–Trinajstić information content (AvgIpc) is 2.85. The first-order valence-electron chi connectivity index (χ1n) is 10.0. The molecule has 0 aliphatic carbocycles. The molecule has 0 heterocycles. The third-order valence-electron chi connectivity index (χ3n) is 4.90. The van der Waals surface area contributed by atoms with Crippen molar-refractivity contribution >= 4 is 12.2 Å². The molecule has 0 saturated carbocycles. The number of ether oxygens (including phenoxy) is 6. The Morgan fingerprint density at radius 1 is 0.562 bits per heavy atom. The second-order valence-electron chi connectivity index (χ2n) is 6.84. The molecule has 0 fully saturated rings. The van der Waals surface area contributed by atoms with E-state index < -0.39 is 0 Å². The summed E-state index contributed by atoms with van der Waals surface area (Å²) in [6.07, 6.45) is 3.96. The van der Waals surface area contributed by atoms with Crippen LogP contribution in [0.2, 0.25) is 0 Å². The first-order valence-corrected chi connectivity index (χ1v) is 10.0. The number of hydrogen-bond acceptors (Lipinski definition) is 6. The summed E-state index contributed by atoms with van der Waals surface area (Å²) >= 11 is 0. The van der Waals surface area contributed by atoms with Gasteiger partial charge in [0.05, 0.1) is 35.5 Å². The molecule has 0 N–H and O–H groups in total. The molecule has 6 nitrogen and oxygen atoms in total. The average molecular weight is 437 g/mol. The molecule has 32 heavy (non-hydrogen) atoms. The molecule has 168 valence electrons. The lowest BCUT2D eigenvalue weighted by atomic mass is 10.1. The maximum Gasteiger partial charge on any atom is 0.203 e. The minimum Gasteiger partial charge on any atom is -0.497 e. The second kappa shape index (κ2) is 11.0. The van der Waals surface area contributed by atoms with Crippen molar-refractivity contribution in [3.63, 3.8) is 0 Å². The van der Waals surface area contributed by atoms with Gasteiger partial charge in [-0.1, -0.05) is 30.4 Å². The molecular weight excluding hydrogens is 408 g/mol. The maximum absolute atomic E-state index is 6.03. The third kappa shape index (κ3) is 5.46. The Bertz CT molecular complexity index is 1030. The van der Waals surface area contributed by atoms with E-state index in [9.17, 15) is 0 Å². The minimum absolute atomic E-state index is 0.417. The van der Waals surface area contributed by atoms with Gasteiger partial charge in [0.25, 0.3) is 0 Å². The van der Waals surface area contributed by atoms with Crippen molar-refractivity contribution in [2.45, 2.75) is 6.61 Å². The quantitative estimate of drug-likeness (QED) is 0.392. The highest BCUT2D eigenvalue weighted by Gasteiger charge is 2.12. The molecule has 0 aliphatic heterocycles. The van der Waals surface area contributed by atoms with E-state index in [0.29, 0.717) is 35.4 Å². The Balaban J connectivity index is 1.80. The van der Waals surface area contributed by atoms with Crippen molar-refractivity contribution in [1.29, 1.82) is 0 Å². The number of benzene rings is 3. The number of methoxy groups -OCH3 is 5.